The van der Waals surface area contributed by atoms with E-state index in [2.05, 4.69) is 17.9 Å². The number of carbonyl (C=O) groups excluding carboxylic acids is 2. The maximum absolute atomic E-state index is 12.8. The molecular weight excluding hydrogens is 291 g/mol. The third kappa shape index (κ3) is 4.46. The fraction of sp³-hybridized carbons (Fsp3) is 0.467. The first-order valence-electron chi connectivity index (χ1n) is 7.01. The number of amides is 2. The predicted molar refractivity (Wildman–Crippen MR) is 81.7 cm³/mol. The summed E-state index contributed by atoms with van der Waals surface area (Å²) in [6, 6.07) is 6.25. The normalized spacial score (nSPS) is 18.1. The van der Waals surface area contributed by atoms with E-state index in [4.69, 9.17) is 0 Å². The lowest BCUT2D eigenvalue weighted by Crippen LogP contribution is -2.34. The van der Waals surface area contributed by atoms with Crippen LogP contribution in [0.3, 0.4) is 0 Å². The summed E-state index contributed by atoms with van der Waals surface area (Å²) in [6.45, 7) is 1.53. The highest BCUT2D eigenvalue weighted by molar-refractivity contribution is 7.80. The van der Waals surface area contributed by atoms with E-state index < -0.39 is 0 Å². The molecule has 1 N–H and O–H groups in total. The monoisotopic (exact) mass is 310 g/mol. The topological polar surface area (TPSA) is 49.4 Å². The number of nitrogens with zero attached hydrogens (tertiary/aromatic N) is 1. The first-order valence-corrected chi connectivity index (χ1v) is 7.64. The van der Waals surface area contributed by atoms with Gasteiger partial charge in [-0.05, 0) is 24.1 Å². The standard InChI is InChI=1S/C15H19FN2O2S/c16-13-3-1-11(2-4-13)5-7-18-10-12(9-14(18)19)15(20)17-6-8-21/h1-4,12,21H,5-10H2,(H,17,20). The van der Waals surface area contributed by atoms with Crippen LogP contribution in [0.1, 0.15) is 12.0 Å². The summed E-state index contributed by atoms with van der Waals surface area (Å²) in [5, 5.41) is 2.76. The summed E-state index contributed by atoms with van der Waals surface area (Å²) in [6.07, 6.45) is 0.929. The van der Waals surface area contributed by atoms with Gasteiger partial charge in [-0.25, -0.2) is 4.39 Å². The third-order valence-electron chi connectivity index (χ3n) is 3.58. The van der Waals surface area contributed by atoms with E-state index in [0.717, 1.165) is 5.56 Å². The van der Waals surface area contributed by atoms with Gasteiger partial charge in [0.1, 0.15) is 5.82 Å². The number of hydrogen-bond donors (Lipinski definition) is 2. The van der Waals surface area contributed by atoms with Gasteiger partial charge in [-0.2, -0.15) is 12.6 Å². The maximum atomic E-state index is 12.8. The van der Waals surface area contributed by atoms with Gasteiger partial charge in [0.25, 0.3) is 0 Å². The largest absolute Gasteiger partial charge is 0.355 e. The van der Waals surface area contributed by atoms with Crippen LogP contribution < -0.4 is 5.32 Å². The second-order valence-electron chi connectivity index (χ2n) is 5.13. The van der Waals surface area contributed by atoms with Crippen molar-refractivity contribution in [2.45, 2.75) is 12.8 Å². The zero-order valence-corrected chi connectivity index (χ0v) is 12.6. The number of nitrogens with one attached hydrogen (secondary N) is 1. The second-order valence-corrected chi connectivity index (χ2v) is 5.58. The van der Waals surface area contributed by atoms with Gasteiger partial charge in [0.2, 0.25) is 11.8 Å². The molecular formula is C15H19FN2O2S. The Morgan fingerprint density at radius 2 is 2.10 bits per heavy atom. The van der Waals surface area contributed by atoms with Crippen molar-refractivity contribution in [3.05, 3.63) is 35.6 Å². The molecule has 1 unspecified atom stereocenters. The zero-order valence-electron chi connectivity index (χ0n) is 11.7. The van der Waals surface area contributed by atoms with Crippen LogP contribution in [0, 0.1) is 11.7 Å². The van der Waals surface area contributed by atoms with Crippen molar-refractivity contribution in [1.29, 1.82) is 0 Å². The van der Waals surface area contributed by atoms with Crippen molar-refractivity contribution >= 4 is 24.4 Å². The van der Waals surface area contributed by atoms with Crippen molar-refractivity contribution in [3.63, 3.8) is 0 Å². The second kappa shape index (κ2) is 7.45. The Bertz CT molecular complexity index is 507. The molecule has 1 atom stereocenters. The maximum Gasteiger partial charge on any atom is 0.225 e. The van der Waals surface area contributed by atoms with Gasteiger partial charge >= 0.3 is 0 Å². The summed E-state index contributed by atoms with van der Waals surface area (Å²) >= 11 is 4.04. The van der Waals surface area contributed by atoms with E-state index in [9.17, 15) is 14.0 Å². The van der Waals surface area contributed by atoms with Crippen molar-refractivity contribution in [3.8, 4) is 0 Å². The number of halogens is 1. The molecule has 0 bridgehead atoms. The molecule has 2 amide bonds. The first-order chi connectivity index (χ1) is 10.1. The van der Waals surface area contributed by atoms with Crippen molar-refractivity contribution in [2.75, 3.05) is 25.4 Å². The fourth-order valence-corrected chi connectivity index (χ4v) is 2.51. The van der Waals surface area contributed by atoms with E-state index in [-0.39, 0.29) is 30.0 Å². The van der Waals surface area contributed by atoms with Crippen molar-refractivity contribution in [2.24, 2.45) is 5.92 Å². The van der Waals surface area contributed by atoms with E-state index in [1.165, 1.54) is 12.1 Å². The molecule has 1 heterocycles. The molecule has 114 valence electrons. The fourth-order valence-electron chi connectivity index (χ4n) is 2.40. The number of carbonyl (C=O) groups is 2. The van der Waals surface area contributed by atoms with Gasteiger partial charge in [0, 0.05) is 31.8 Å². The molecule has 1 fully saturated rings. The molecule has 1 aliphatic rings. The van der Waals surface area contributed by atoms with Crippen LogP contribution in [-0.2, 0) is 16.0 Å². The minimum atomic E-state index is -0.273. The lowest BCUT2D eigenvalue weighted by molar-refractivity contribution is -0.128. The highest BCUT2D eigenvalue weighted by Crippen LogP contribution is 2.18. The van der Waals surface area contributed by atoms with Crippen LogP contribution in [0.15, 0.2) is 24.3 Å². The highest BCUT2D eigenvalue weighted by atomic mass is 32.1. The first kappa shape index (κ1) is 15.8. The van der Waals surface area contributed by atoms with Gasteiger partial charge in [0.05, 0.1) is 5.92 Å². The third-order valence-corrected chi connectivity index (χ3v) is 3.80. The molecule has 0 radical (unpaired) electrons. The van der Waals surface area contributed by atoms with Crippen LogP contribution in [0.2, 0.25) is 0 Å². The molecule has 1 aliphatic heterocycles. The Labute approximate surface area is 129 Å². The molecule has 0 aliphatic carbocycles. The van der Waals surface area contributed by atoms with E-state index in [1.807, 2.05) is 0 Å². The molecule has 0 spiro atoms. The van der Waals surface area contributed by atoms with Crippen molar-refractivity contribution < 1.29 is 14.0 Å². The molecule has 0 saturated carbocycles. The lowest BCUT2D eigenvalue weighted by atomic mass is 10.1. The summed E-state index contributed by atoms with van der Waals surface area (Å²) in [4.78, 5) is 25.5. The molecule has 1 aromatic carbocycles. The molecule has 21 heavy (non-hydrogen) atoms. The Balaban J connectivity index is 1.83. The van der Waals surface area contributed by atoms with E-state index >= 15 is 0 Å². The number of thiol groups is 1. The van der Waals surface area contributed by atoms with E-state index in [1.54, 1.807) is 17.0 Å². The van der Waals surface area contributed by atoms with Crippen LogP contribution in [-0.4, -0.2) is 42.1 Å². The highest BCUT2D eigenvalue weighted by Gasteiger charge is 2.33. The van der Waals surface area contributed by atoms with Crippen LogP contribution in [0.5, 0.6) is 0 Å². The lowest BCUT2D eigenvalue weighted by Gasteiger charge is -2.16. The van der Waals surface area contributed by atoms with Gasteiger partial charge in [-0.1, -0.05) is 12.1 Å². The Hall–Kier alpha value is -1.56. The number of benzene rings is 1. The van der Waals surface area contributed by atoms with Crippen LogP contribution >= 0.6 is 12.6 Å². The summed E-state index contributed by atoms with van der Waals surface area (Å²) in [5.74, 6) is -0.0342. The zero-order chi connectivity index (χ0) is 15.2. The minimum Gasteiger partial charge on any atom is -0.355 e. The number of hydrogen-bond acceptors (Lipinski definition) is 3. The summed E-state index contributed by atoms with van der Waals surface area (Å²) in [5.41, 5.74) is 0.979. The molecule has 1 aromatic rings. The quantitative estimate of drug-likeness (QED) is 0.777. The summed E-state index contributed by atoms with van der Waals surface area (Å²) < 4.78 is 12.8. The summed E-state index contributed by atoms with van der Waals surface area (Å²) in [7, 11) is 0. The SMILES string of the molecule is O=C(NCCS)C1CC(=O)N(CCc2ccc(F)cc2)C1. The van der Waals surface area contributed by atoms with Crippen molar-refractivity contribution in [1.82, 2.24) is 10.2 Å². The molecule has 2 rings (SSSR count). The van der Waals surface area contributed by atoms with Crippen LogP contribution in [0.4, 0.5) is 4.39 Å². The van der Waals surface area contributed by atoms with E-state index in [0.29, 0.717) is 31.8 Å². The minimum absolute atomic E-state index is 0.00290. The van der Waals surface area contributed by atoms with Gasteiger partial charge < -0.3 is 10.2 Å². The number of rotatable bonds is 6. The van der Waals surface area contributed by atoms with Gasteiger partial charge in [-0.3, -0.25) is 9.59 Å². The molecule has 0 aromatic heterocycles. The molecule has 6 heteroatoms. The predicted octanol–water partition coefficient (Wildman–Crippen LogP) is 1.26. The smallest absolute Gasteiger partial charge is 0.225 e. The van der Waals surface area contributed by atoms with Gasteiger partial charge in [0.15, 0.2) is 0 Å². The Kier molecular flexibility index (Phi) is 5.61. The van der Waals surface area contributed by atoms with Crippen LogP contribution in [0.25, 0.3) is 0 Å². The average Bonchev–Trinajstić information content (AvgIpc) is 2.85. The average molecular weight is 310 g/mol. The number of likely N-dealkylation sites (tertiary alicyclic amines) is 1. The Morgan fingerprint density at radius 1 is 1.38 bits per heavy atom. The molecule has 4 nitrogen and oxygen atoms in total. The molecule has 1 saturated heterocycles. The van der Waals surface area contributed by atoms with Gasteiger partial charge in [-0.15, -0.1) is 0 Å². The Morgan fingerprint density at radius 3 is 2.76 bits per heavy atom.